The van der Waals surface area contributed by atoms with E-state index in [0.717, 1.165) is 11.1 Å². The summed E-state index contributed by atoms with van der Waals surface area (Å²) in [6.07, 6.45) is -4.33. The van der Waals surface area contributed by atoms with Gasteiger partial charge in [0.2, 0.25) is 0 Å². The monoisotopic (exact) mass is 352 g/mol. The van der Waals surface area contributed by atoms with Gasteiger partial charge in [-0.25, -0.2) is 0 Å². The Kier molecular flexibility index (Phi) is 6.55. The zero-order chi connectivity index (χ0) is 18.3. The van der Waals surface area contributed by atoms with E-state index in [2.05, 4.69) is 10.1 Å². The van der Waals surface area contributed by atoms with Crippen molar-refractivity contribution in [2.45, 2.75) is 25.9 Å². The van der Waals surface area contributed by atoms with Crippen LogP contribution in [-0.2, 0) is 24.4 Å². The fourth-order valence-corrected chi connectivity index (χ4v) is 2.11. The van der Waals surface area contributed by atoms with Crippen LogP contribution < -0.4 is 11.1 Å². The predicted octanol–water partition coefficient (Wildman–Crippen LogP) is 3.15. The molecule has 0 bridgehead atoms. The first-order valence-corrected chi connectivity index (χ1v) is 7.67. The fraction of sp³-hybridized carbons (Fsp3) is 0.278. The maximum Gasteiger partial charge on any atom is 0.411 e. The lowest BCUT2D eigenvalue weighted by Crippen LogP contribution is -2.22. The number of rotatable bonds is 7. The lowest BCUT2D eigenvalue weighted by molar-refractivity contribution is -0.176. The third-order valence-corrected chi connectivity index (χ3v) is 3.46. The Morgan fingerprint density at radius 1 is 0.960 bits per heavy atom. The van der Waals surface area contributed by atoms with Crippen LogP contribution in [0.3, 0.4) is 0 Å². The Balaban J connectivity index is 1.81. The average molecular weight is 352 g/mol. The summed E-state index contributed by atoms with van der Waals surface area (Å²) in [6.45, 7) is -0.643. The molecule has 0 radical (unpaired) electrons. The van der Waals surface area contributed by atoms with Gasteiger partial charge >= 0.3 is 6.18 Å². The predicted molar refractivity (Wildman–Crippen MR) is 87.7 cm³/mol. The Bertz CT molecular complexity index is 683. The molecule has 1 amide bonds. The molecule has 0 aliphatic carbocycles. The number of alkyl halides is 3. The summed E-state index contributed by atoms with van der Waals surface area (Å²) in [5.41, 5.74) is 8.47. The molecule has 3 N–H and O–H groups in total. The minimum atomic E-state index is -4.33. The highest BCUT2D eigenvalue weighted by molar-refractivity contribution is 5.94. The first-order valence-electron chi connectivity index (χ1n) is 7.67. The zero-order valence-corrected chi connectivity index (χ0v) is 13.5. The van der Waals surface area contributed by atoms with Crippen molar-refractivity contribution >= 4 is 5.91 Å². The van der Waals surface area contributed by atoms with E-state index in [1.807, 2.05) is 0 Å². The molecule has 0 aliphatic rings. The van der Waals surface area contributed by atoms with Crippen LogP contribution in [0.1, 0.15) is 27.0 Å². The molecule has 134 valence electrons. The van der Waals surface area contributed by atoms with E-state index in [0.29, 0.717) is 24.2 Å². The second kappa shape index (κ2) is 8.64. The lowest BCUT2D eigenvalue weighted by Gasteiger charge is -2.09. The molecule has 2 rings (SSSR count). The molecule has 7 heteroatoms. The third kappa shape index (κ3) is 6.56. The number of ether oxygens (including phenoxy) is 1. The molecular formula is C18H19F3N2O2. The molecule has 25 heavy (non-hydrogen) atoms. The Hall–Kier alpha value is -2.38. The van der Waals surface area contributed by atoms with Crippen LogP contribution in [-0.4, -0.2) is 18.7 Å². The maximum absolute atomic E-state index is 12.1. The molecule has 0 saturated heterocycles. The first-order chi connectivity index (χ1) is 11.9. The second-order valence-corrected chi connectivity index (χ2v) is 5.51. The highest BCUT2D eigenvalue weighted by Gasteiger charge is 2.27. The van der Waals surface area contributed by atoms with Crippen molar-refractivity contribution in [3.05, 3.63) is 70.8 Å². The third-order valence-electron chi connectivity index (χ3n) is 3.46. The van der Waals surface area contributed by atoms with Gasteiger partial charge in [-0.3, -0.25) is 4.79 Å². The number of amides is 1. The summed E-state index contributed by atoms with van der Waals surface area (Å²) in [4.78, 5) is 12.1. The van der Waals surface area contributed by atoms with Gasteiger partial charge in [-0.1, -0.05) is 36.4 Å². The Labute approximate surface area is 143 Å². The van der Waals surface area contributed by atoms with E-state index in [9.17, 15) is 18.0 Å². The van der Waals surface area contributed by atoms with Gasteiger partial charge in [0.1, 0.15) is 6.61 Å². The SMILES string of the molecule is NCc1ccc(C(=O)NCc2ccc(COCC(F)(F)F)cc2)cc1. The van der Waals surface area contributed by atoms with Crippen LogP contribution in [0.15, 0.2) is 48.5 Å². The fourth-order valence-electron chi connectivity index (χ4n) is 2.11. The molecule has 0 unspecified atom stereocenters. The van der Waals surface area contributed by atoms with Crippen LogP contribution in [0, 0.1) is 0 Å². The van der Waals surface area contributed by atoms with Crippen LogP contribution in [0.4, 0.5) is 13.2 Å². The molecule has 0 aromatic heterocycles. The molecule has 0 aliphatic heterocycles. The minimum absolute atomic E-state index is 0.111. The van der Waals surface area contributed by atoms with Gasteiger partial charge < -0.3 is 15.8 Å². The largest absolute Gasteiger partial charge is 0.411 e. The first kappa shape index (κ1) is 19.0. The van der Waals surface area contributed by atoms with Gasteiger partial charge in [-0.2, -0.15) is 13.2 Å². The van der Waals surface area contributed by atoms with Gasteiger partial charge in [0, 0.05) is 18.7 Å². The number of carbonyl (C=O) groups is 1. The van der Waals surface area contributed by atoms with Gasteiger partial charge in [-0.05, 0) is 28.8 Å². The van der Waals surface area contributed by atoms with Crippen molar-refractivity contribution in [2.24, 2.45) is 5.73 Å². The number of hydrogen-bond acceptors (Lipinski definition) is 3. The van der Waals surface area contributed by atoms with Gasteiger partial charge in [-0.15, -0.1) is 0 Å². The number of nitrogens with two attached hydrogens (primary N) is 1. The van der Waals surface area contributed by atoms with Crippen molar-refractivity contribution in [1.29, 1.82) is 0 Å². The number of benzene rings is 2. The minimum Gasteiger partial charge on any atom is -0.367 e. The van der Waals surface area contributed by atoms with Crippen molar-refractivity contribution < 1.29 is 22.7 Å². The molecule has 0 fully saturated rings. The van der Waals surface area contributed by atoms with Crippen LogP contribution in [0.5, 0.6) is 0 Å². The van der Waals surface area contributed by atoms with E-state index < -0.39 is 12.8 Å². The van der Waals surface area contributed by atoms with E-state index >= 15 is 0 Å². The number of hydrogen-bond donors (Lipinski definition) is 2. The summed E-state index contributed by atoms with van der Waals surface area (Å²) < 4.78 is 40.6. The van der Waals surface area contributed by atoms with Crippen LogP contribution in [0.2, 0.25) is 0 Å². The number of halogens is 3. The Morgan fingerprint density at radius 2 is 1.52 bits per heavy atom. The normalized spacial score (nSPS) is 11.4. The highest BCUT2D eigenvalue weighted by atomic mass is 19.4. The maximum atomic E-state index is 12.1. The lowest BCUT2D eigenvalue weighted by atomic mass is 10.1. The van der Waals surface area contributed by atoms with E-state index in [1.165, 1.54) is 0 Å². The number of nitrogens with one attached hydrogen (secondary N) is 1. The summed E-state index contributed by atoms with van der Waals surface area (Å²) in [5.74, 6) is -0.207. The standard InChI is InChI=1S/C18H19F3N2O2/c19-18(20,21)12-25-11-15-3-1-14(2-4-15)10-23-17(24)16-7-5-13(9-22)6-8-16/h1-8H,9-12,22H2,(H,23,24). The zero-order valence-electron chi connectivity index (χ0n) is 13.5. The molecule has 0 heterocycles. The molecule has 4 nitrogen and oxygen atoms in total. The molecular weight excluding hydrogens is 333 g/mol. The summed E-state index contributed by atoms with van der Waals surface area (Å²) in [7, 11) is 0. The molecule has 2 aromatic rings. The van der Waals surface area contributed by atoms with Crippen molar-refractivity contribution in [1.82, 2.24) is 5.32 Å². The summed E-state index contributed by atoms with van der Waals surface area (Å²) in [5, 5.41) is 2.79. The summed E-state index contributed by atoms with van der Waals surface area (Å²) >= 11 is 0. The molecule has 0 atom stereocenters. The number of carbonyl (C=O) groups excluding carboxylic acids is 1. The smallest absolute Gasteiger partial charge is 0.367 e. The average Bonchev–Trinajstić information content (AvgIpc) is 2.60. The molecule has 2 aromatic carbocycles. The highest BCUT2D eigenvalue weighted by Crippen LogP contribution is 2.16. The Morgan fingerprint density at radius 3 is 2.08 bits per heavy atom. The van der Waals surface area contributed by atoms with Gasteiger partial charge in [0.25, 0.3) is 5.91 Å². The quantitative estimate of drug-likeness (QED) is 0.805. The van der Waals surface area contributed by atoms with Crippen LogP contribution >= 0.6 is 0 Å². The molecule has 0 spiro atoms. The molecule has 0 saturated carbocycles. The van der Waals surface area contributed by atoms with Crippen molar-refractivity contribution in [3.63, 3.8) is 0 Å². The van der Waals surface area contributed by atoms with Crippen LogP contribution in [0.25, 0.3) is 0 Å². The van der Waals surface area contributed by atoms with Gasteiger partial charge in [0.15, 0.2) is 0 Å². The summed E-state index contributed by atoms with van der Waals surface area (Å²) in [6, 6.07) is 13.8. The van der Waals surface area contributed by atoms with Crippen molar-refractivity contribution in [3.8, 4) is 0 Å². The van der Waals surface area contributed by atoms with Gasteiger partial charge in [0.05, 0.1) is 6.61 Å². The van der Waals surface area contributed by atoms with E-state index in [-0.39, 0.29) is 12.5 Å². The second-order valence-electron chi connectivity index (χ2n) is 5.51. The van der Waals surface area contributed by atoms with E-state index in [4.69, 9.17) is 5.73 Å². The van der Waals surface area contributed by atoms with Crippen molar-refractivity contribution in [2.75, 3.05) is 6.61 Å². The topological polar surface area (TPSA) is 64.4 Å². The van der Waals surface area contributed by atoms with E-state index in [1.54, 1.807) is 48.5 Å².